The first-order valence-corrected chi connectivity index (χ1v) is 6.79. The average molecular weight is 264 g/mol. The molecule has 0 saturated heterocycles. The highest BCUT2D eigenvalue weighted by Gasteiger charge is 1.98. The van der Waals surface area contributed by atoms with E-state index < -0.39 is 0 Å². The Morgan fingerprint density at radius 3 is 1.20 bits per heavy atom. The van der Waals surface area contributed by atoms with E-state index in [2.05, 4.69) is 72.6 Å². The van der Waals surface area contributed by atoms with Crippen molar-refractivity contribution in [3.05, 3.63) is 70.8 Å². The van der Waals surface area contributed by atoms with E-state index in [1.165, 1.54) is 11.1 Å². The molecule has 2 aromatic rings. The standard InChI is InChI=1S/C18H20N2/c1-13-5-9-17(10-6-13)15(3)19-20-16(4)18-11-7-14(2)8-12-18/h5-12H,1-4H3/b19-15+,20-16+. The lowest BCUT2D eigenvalue weighted by atomic mass is 10.1. The first-order valence-electron chi connectivity index (χ1n) is 6.79. The van der Waals surface area contributed by atoms with E-state index in [-0.39, 0.29) is 0 Å². The fraction of sp³-hybridized carbons (Fsp3) is 0.222. The van der Waals surface area contributed by atoms with E-state index in [9.17, 15) is 0 Å². The molecule has 0 N–H and O–H groups in total. The molecule has 2 nitrogen and oxygen atoms in total. The summed E-state index contributed by atoms with van der Waals surface area (Å²) in [7, 11) is 0. The van der Waals surface area contributed by atoms with Crippen molar-refractivity contribution in [2.24, 2.45) is 10.2 Å². The van der Waals surface area contributed by atoms with Gasteiger partial charge < -0.3 is 0 Å². The summed E-state index contributed by atoms with van der Waals surface area (Å²) in [5, 5.41) is 8.65. The number of hydrogen-bond donors (Lipinski definition) is 0. The van der Waals surface area contributed by atoms with Gasteiger partial charge in [0.05, 0.1) is 11.4 Å². The van der Waals surface area contributed by atoms with Crippen molar-refractivity contribution in [2.45, 2.75) is 27.7 Å². The first kappa shape index (κ1) is 14.2. The van der Waals surface area contributed by atoms with Gasteiger partial charge in [-0.2, -0.15) is 10.2 Å². The van der Waals surface area contributed by atoms with Gasteiger partial charge in [-0.15, -0.1) is 0 Å². The lowest BCUT2D eigenvalue weighted by Crippen LogP contribution is -1.97. The molecule has 20 heavy (non-hydrogen) atoms. The molecule has 0 aliphatic rings. The summed E-state index contributed by atoms with van der Waals surface area (Å²) in [6.07, 6.45) is 0. The molecule has 2 rings (SSSR count). The van der Waals surface area contributed by atoms with Crippen molar-refractivity contribution in [3.8, 4) is 0 Å². The largest absolute Gasteiger partial charge is 0.155 e. The minimum absolute atomic E-state index is 0.927. The molecule has 0 radical (unpaired) electrons. The van der Waals surface area contributed by atoms with Crippen LogP contribution in [0, 0.1) is 13.8 Å². The van der Waals surface area contributed by atoms with Gasteiger partial charge >= 0.3 is 0 Å². The summed E-state index contributed by atoms with van der Waals surface area (Å²) in [5.74, 6) is 0. The fourth-order valence-corrected chi connectivity index (χ4v) is 1.85. The highest BCUT2D eigenvalue weighted by molar-refractivity contribution is 6.01. The molecule has 2 heteroatoms. The van der Waals surface area contributed by atoms with Gasteiger partial charge in [-0.1, -0.05) is 59.7 Å². The number of nitrogens with zero attached hydrogens (tertiary/aromatic N) is 2. The zero-order valence-corrected chi connectivity index (χ0v) is 12.5. The molecule has 0 heterocycles. The average Bonchev–Trinajstić information content (AvgIpc) is 2.46. The second kappa shape index (κ2) is 6.29. The van der Waals surface area contributed by atoms with Gasteiger partial charge in [0.2, 0.25) is 0 Å². The van der Waals surface area contributed by atoms with E-state index in [1.54, 1.807) is 0 Å². The maximum Gasteiger partial charge on any atom is 0.0671 e. The Balaban J connectivity index is 2.19. The number of hydrogen-bond acceptors (Lipinski definition) is 2. The molecule has 0 amide bonds. The van der Waals surface area contributed by atoms with Crippen molar-refractivity contribution in [3.63, 3.8) is 0 Å². The van der Waals surface area contributed by atoms with E-state index in [4.69, 9.17) is 0 Å². The van der Waals surface area contributed by atoms with Crippen LogP contribution >= 0.6 is 0 Å². The van der Waals surface area contributed by atoms with Crippen LogP contribution in [0.2, 0.25) is 0 Å². The highest BCUT2D eigenvalue weighted by atomic mass is 15.2. The summed E-state index contributed by atoms with van der Waals surface area (Å²) >= 11 is 0. The molecule has 0 atom stereocenters. The van der Waals surface area contributed by atoms with Crippen LogP contribution < -0.4 is 0 Å². The van der Waals surface area contributed by atoms with Gasteiger partial charge in [0.1, 0.15) is 0 Å². The van der Waals surface area contributed by atoms with Crippen molar-refractivity contribution >= 4 is 11.4 Å². The molecule has 0 fully saturated rings. The Kier molecular flexibility index (Phi) is 4.46. The van der Waals surface area contributed by atoms with E-state index in [1.807, 2.05) is 13.8 Å². The molecule has 0 bridgehead atoms. The lowest BCUT2D eigenvalue weighted by molar-refractivity contribution is 1.21. The predicted molar refractivity (Wildman–Crippen MR) is 86.8 cm³/mol. The minimum atomic E-state index is 0.927. The molecule has 0 aliphatic heterocycles. The molecule has 0 saturated carbocycles. The normalized spacial score (nSPS) is 12.6. The van der Waals surface area contributed by atoms with Crippen molar-refractivity contribution in [1.29, 1.82) is 0 Å². The topological polar surface area (TPSA) is 24.7 Å². The Bertz CT molecular complexity index is 573. The van der Waals surface area contributed by atoms with Crippen molar-refractivity contribution in [2.75, 3.05) is 0 Å². The Morgan fingerprint density at radius 1 is 0.600 bits per heavy atom. The van der Waals surface area contributed by atoms with Crippen LogP contribution in [0.1, 0.15) is 36.1 Å². The second-order valence-electron chi connectivity index (χ2n) is 5.10. The van der Waals surface area contributed by atoms with Crippen LogP contribution in [-0.4, -0.2) is 11.4 Å². The van der Waals surface area contributed by atoms with Crippen LogP contribution in [-0.2, 0) is 0 Å². The third-order valence-corrected chi connectivity index (χ3v) is 3.29. The molecule has 2 aromatic carbocycles. The Labute approximate surface area is 120 Å². The summed E-state index contributed by atoms with van der Waals surface area (Å²) in [6, 6.07) is 16.6. The molecule has 0 aromatic heterocycles. The lowest BCUT2D eigenvalue weighted by Gasteiger charge is -2.01. The monoisotopic (exact) mass is 264 g/mol. The molecule has 102 valence electrons. The summed E-state index contributed by atoms with van der Waals surface area (Å²) in [5.41, 5.74) is 6.57. The van der Waals surface area contributed by atoms with Crippen LogP contribution in [0.4, 0.5) is 0 Å². The van der Waals surface area contributed by atoms with Crippen molar-refractivity contribution in [1.82, 2.24) is 0 Å². The number of aryl methyl sites for hydroxylation is 2. The number of rotatable bonds is 3. The van der Waals surface area contributed by atoms with Gasteiger partial charge in [-0.05, 0) is 38.8 Å². The van der Waals surface area contributed by atoms with Crippen LogP contribution in [0.3, 0.4) is 0 Å². The Hall–Kier alpha value is -2.22. The fourth-order valence-electron chi connectivity index (χ4n) is 1.85. The van der Waals surface area contributed by atoms with Crippen molar-refractivity contribution < 1.29 is 0 Å². The molecular formula is C18H20N2. The maximum atomic E-state index is 4.33. The van der Waals surface area contributed by atoms with Crippen LogP contribution in [0.25, 0.3) is 0 Å². The smallest absolute Gasteiger partial charge is 0.0671 e. The van der Waals surface area contributed by atoms with Gasteiger partial charge in [-0.3, -0.25) is 0 Å². The van der Waals surface area contributed by atoms with Crippen LogP contribution in [0.5, 0.6) is 0 Å². The zero-order chi connectivity index (χ0) is 14.5. The van der Waals surface area contributed by atoms with Gasteiger partial charge in [-0.25, -0.2) is 0 Å². The highest BCUT2D eigenvalue weighted by Crippen LogP contribution is 2.07. The quantitative estimate of drug-likeness (QED) is 0.574. The predicted octanol–water partition coefficient (Wildman–Crippen LogP) is 4.54. The van der Waals surface area contributed by atoms with E-state index >= 15 is 0 Å². The van der Waals surface area contributed by atoms with E-state index in [0.29, 0.717) is 0 Å². The third-order valence-electron chi connectivity index (χ3n) is 3.29. The van der Waals surface area contributed by atoms with Gasteiger partial charge in [0.25, 0.3) is 0 Å². The van der Waals surface area contributed by atoms with Gasteiger partial charge in [0.15, 0.2) is 0 Å². The molecule has 0 spiro atoms. The second-order valence-corrected chi connectivity index (χ2v) is 5.10. The van der Waals surface area contributed by atoms with E-state index in [0.717, 1.165) is 22.6 Å². The number of benzene rings is 2. The Morgan fingerprint density at radius 2 is 0.900 bits per heavy atom. The summed E-state index contributed by atoms with van der Waals surface area (Å²) < 4.78 is 0. The summed E-state index contributed by atoms with van der Waals surface area (Å²) in [4.78, 5) is 0. The molecule has 0 unspecified atom stereocenters. The zero-order valence-electron chi connectivity index (χ0n) is 12.5. The molecular weight excluding hydrogens is 244 g/mol. The van der Waals surface area contributed by atoms with Gasteiger partial charge in [0, 0.05) is 0 Å². The SMILES string of the molecule is C/C(=N\N=C(/C)c1ccc(C)cc1)c1ccc(C)cc1. The minimum Gasteiger partial charge on any atom is -0.155 e. The molecule has 0 aliphatic carbocycles. The first-order chi connectivity index (χ1) is 9.56. The summed E-state index contributed by atoms with van der Waals surface area (Å²) in [6.45, 7) is 8.12. The maximum absolute atomic E-state index is 4.33. The third kappa shape index (κ3) is 3.64. The van der Waals surface area contributed by atoms with Crippen LogP contribution in [0.15, 0.2) is 58.7 Å².